The molecule has 1 aromatic carbocycles. The zero-order valence-corrected chi connectivity index (χ0v) is 13.9. The highest BCUT2D eigenvalue weighted by molar-refractivity contribution is 9.10. The van der Waals surface area contributed by atoms with E-state index in [4.69, 9.17) is 27.9 Å². The summed E-state index contributed by atoms with van der Waals surface area (Å²) in [6.07, 6.45) is 0. The molecule has 2 nitrogen and oxygen atoms in total. The highest BCUT2D eigenvalue weighted by Crippen LogP contribution is 2.36. The van der Waals surface area contributed by atoms with Crippen LogP contribution in [0.1, 0.15) is 5.69 Å². The Morgan fingerprint density at radius 1 is 1.06 bits per heavy atom. The van der Waals surface area contributed by atoms with Crippen LogP contribution in [0, 0.1) is 6.92 Å². The van der Waals surface area contributed by atoms with Crippen LogP contribution in [0.25, 0.3) is 0 Å². The van der Waals surface area contributed by atoms with Crippen molar-refractivity contribution in [1.29, 1.82) is 0 Å². The summed E-state index contributed by atoms with van der Waals surface area (Å²) in [4.78, 5) is 4.28. The predicted molar refractivity (Wildman–Crippen MR) is 80.9 cm³/mol. The van der Waals surface area contributed by atoms with Gasteiger partial charge in [0.2, 0.25) is 5.88 Å². The molecule has 0 aliphatic rings. The minimum Gasteiger partial charge on any atom is -0.437 e. The Labute approximate surface area is 132 Å². The lowest BCUT2D eigenvalue weighted by Gasteiger charge is -2.09. The molecule has 0 aliphatic carbocycles. The Kier molecular flexibility index (Phi) is 4.54. The number of pyridine rings is 1. The van der Waals surface area contributed by atoms with E-state index in [0.29, 0.717) is 21.7 Å². The Morgan fingerprint density at radius 3 is 2.44 bits per heavy atom. The lowest BCUT2D eigenvalue weighted by Crippen LogP contribution is -1.91. The van der Waals surface area contributed by atoms with Crippen LogP contribution in [0.3, 0.4) is 0 Å². The van der Waals surface area contributed by atoms with E-state index < -0.39 is 0 Å². The molecule has 1 aromatic heterocycles. The van der Waals surface area contributed by atoms with Crippen LogP contribution < -0.4 is 4.74 Å². The second kappa shape index (κ2) is 5.78. The minimum absolute atomic E-state index is 0.466. The summed E-state index contributed by atoms with van der Waals surface area (Å²) in [6.45, 7) is 1.88. The van der Waals surface area contributed by atoms with Crippen molar-refractivity contribution in [3.63, 3.8) is 0 Å². The van der Waals surface area contributed by atoms with Gasteiger partial charge in [0.15, 0.2) is 0 Å². The lowest BCUT2D eigenvalue weighted by atomic mass is 10.3. The predicted octanol–water partition coefficient (Wildman–Crippen LogP) is 6.01. The number of aromatic nitrogens is 1. The van der Waals surface area contributed by atoms with Crippen molar-refractivity contribution in [2.24, 2.45) is 0 Å². The number of halogens is 4. The Bertz CT molecular complexity index is 605. The molecule has 0 fully saturated rings. The fraction of sp³-hybridized carbons (Fsp3) is 0.0833. The van der Waals surface area contributed by atoms with Gasteiger partial charge in [-0.15, -0.1) is 0 Å². The average Bonchev–Trinajstić information content (AvgIpc) is 2.31. The Morgan fingerprint density at radius 2 is 1.78 bits per heavy atom. The maximum absolute atomic E-state index is 6.07. The first-order chi connectivity index (χ1) is 8.47. The van der Waals surface area contributed by atoms with E-state index in [1.54, 1.807) is 18.2 Å². The molecular formula is C12H7Br2Cl2NO. The van der Waals surface area contributed by atoms with Crippen LogP contribution in [-0.2, 0) is 0 Å². The molecule has 0 aliphatic heterocycles. The zero-order chi connectivity index (χ0) is 13.3. The van der Waals surface area contributed by atoms with Gasteiger partial charge in [-0.3, -0.25) is 0 Å². The molecule has 94 valence electrons. The molecule has 2 aromatic rings. The molecule has 0 unspecified atom stereocenters. The van der Waals surface area contributed by atoms with Crippen LogP contribution in [0.5, 0.6) is 11.6 Å². The SMILES string of the molecule is Cc1nc(Oc2cc(Cl)c(Br)cc2Cl)ccc1Br. The van der Waals surface area contributed by atoms with Crippen LogP contribution in [0.15, 0.2) is 33.2 Å². The van der Waals surface area contributed by atoms with Crippen molar-refractivity contribution in [3.05, 3.63) is 49.0 Å². The van der Waals surface area contributed by atoms with Gasteiger partial charge in [-0.05, 0) is 50.9 Å². The van der Waals surface area contributed by atoms with E-state index in [2.05, 4.69) is 36.8 Å². The van der Waals surface area contributed by atoms with E-state index in [1.165, 1.54) is 0 Å². The van der Waals surface area contributed by atoms with Gasteiger partial charge in [0.25, 0.3) is 0 Å². The van der Waals surface area contributed by atoms with Crippen LogP contribution in [0.4, 0.5) is 0 Å². The molecule has 0 atom stereocenters. The molecule has 2 rings (SSSR count). The molecule has 0 saturated carbocycles. The summed E-state index contributed by atoms with van der Waals surface area (Å²) in [5, 5.41) is 0.997. The summed E-state index contributed by atoms with van der Waals surface area (Å²) in [7, 11) is 0. The number of benzene rings is 1. The van der Waals surface area contributed by atoms with Crippen molar-refractivity contribution in [1.82, 2.24) is 4.98 Å². The maximum Gasteiger partial charge on any atom is 0.219 e. The first kappa shape index (κ1) is 14.1. The summed E-state index contributed by atoms with van der Waals surface area (Å²) >= 11 is 18.7. The smallest absolute Gasteiger partial charge is 0.219 e. The number of hydrogen-bond acceptors (Lipinski definition) is 2. The molecule has 18 heavy (non-hydrogen) atoms. The van der Waals surface area contributed by atoms with Gasteiger partial charge in [-0.25, -0.2) is 4.98 Å². The fourth-order valence-corrected chi connectivity index (χ4v) is 2.32. The molecule has 1 heterocycles. The normalized spacial score (nSPS) is 10.5. The number of ether oxygens (including phenoxy) is 1. The molecule has 0 bridgehead atoms. The molecule has 6 heteroatoms. The van der Waals surface area contributed by atoms with Crippen LogP contribution in [0.2, 0.25) is 10.0 Å². The molecule has 0 N–H and O–H groups in total. The average molecular weight is 412 g/mol. The van der Waals surface area contributed by atoms with Gasteiger partial charge in [0, 0.05) is 21.1 Å². The summed E-state index contributed by atoms with van der Waals surface area (Å²) in [5.74, 6) is 0.940. The van der Waals surface area contributed by atoms with Crippen molar-refractivity contribution < 1.29 is 4.74 Å². The van der Waals surface area contributed by atoms with Crippen molar-refractivity contribution >= 4 is 55.1 Å². The molecule has 0 saturated heterocycles. The molecular weight excluding hydrogens is 405 g/mol. The van der Waals surface area contributed by atoms with Gasteiger partial charge in [-0.2, -0.15) is 0 Å². The van der Waals surface area contributed by atoms with Crippen molar-refractivity contribution in [3.8, 4) is 11.6 Å². The van der Waals surface area contributed by atoms with Gasteiger partial charge in [0.1, 0.15) is 5.75 Å². The highest BCUT2D eigenvalue weighted by Gasteiger charge is 2.09. The quantitative estimate of drug-likeness (QED) is 0.564. The topological polar surface area (TPSA) is 22.1 Å². The van der Waals surface area contributed by atoms with Crippen LogP contribution in [-0.4, -0.2) is 4.98 Å². The van der Waals surface area contributed by atoms with E-state index >= 15 is 0 Å². The van der Waals surface area contributed by atoms with E-state index in [-0.39, 0.29) is 0 Å². The van der Waals surface area contributed by atoms with E-state index in [0.717, 1.165) is 14.6 Å². The molecule has 0 radical (unpaired) electrons. The number of rotatable bonds is 2. The third kappa shape index (κ3) is 3.18. The minimum atomic E-state index is 0.466. The van der Waals surface area contributed by atoms with Gasteiger partial charge in [-0.1, -0.05) is 23.2 Å². The van der Waals surface area contributed by atoms with Gasteiger partial charge < -0.3 is 4.74 Å². The standard InChI is InChI=1S/C12H7Br2Cl2NO/c1-6-7(13)2-3-12(17-6)18-11-5-9(15)8(14)4-10(11)16/h2-5H,1H3. The first-order valence-electron chi connectivity index (χ1n) is 4.93. The third-order valence-electron chi connectivity index (χ3n) is 2.19. The second-order valence-electron chi connectivity index (χ2n) is 3.52. The van der Waals surface area contributed by atoms with Crippen molar-refractivity contribution in [2.45, 2.75) is 6.92 Å². The Hall–Kier alpha value is -0.290. The highest BCUT2D eigenvalue weighted by atomic mass is 79.9. The Balaban J connectivity index is 2.34. The molecule has 0 amide bonds. The largest absolute Gasteiger partial charge is 0.437 e. The first-order valence-corrected chi connectivity index (χ1v) is 7.27. The van der Waals surface area contributed by atoms with Crippen molar-refractivity contribution in [2.75, 3.05) is 0 Å². The van der Waals surface area contributed by atoms with Crippen LogP contribution >= 0.6 is 55.1 Å². The maximum atomic E-state index is 6.07. The molecule has 0 spiro atoms. The number of aryl methyl sites for hydroxylation is 1. The van der Waals surface area contributed by atoms with Gasteiger partial charge >= 0.3 is 0 Å². The van der Waals surface area contributed by atoms with Gasteiger partial charge in [0.05, 0.1) is 15.7 Å². The monoisotopic (exact) mass is 409 g/mol. The zero-order valence-electron chi connectivity index (χ0n) is 9.18. The second-order valence-corrected chi connectivity index (χ2v) is 6.04. The summed E-state index contributed by atoms with van der Waals surface area (Å²) in [6, 6.07) is 6.95. The van der Waals surface area contributed by atoms with E-state index in [9.17, 15) is 0 Å². The fourth-order valence-electron chi connectivity index (χ4n) is 1.27. The third-order valence-corrected chi connectivity index (χ3v) is 4.52. The lowest BCUT2D eigenvalue weighted by molar-refractivity contribution is 0.461. The summed E-state index contributed by atoms with van der Waals surface area (Å²) in [5.41, 5.74) is 0.840. The summed E-state index contributed by atoms with van der Waals surface area (Å²) < 4.78 is 7.26. The number of nitrogens with zero attached hydrogens (tertiary/aromatic N) is 1. The van der Waals surface area contributed by atoms with E-state index in [1.807, 2.05) is 13.0 Å². The number of hydrogen-bond donors (Lipinski definition) is 0.